The molecule has 0 unspecified atom stereocenters. The number of hydrazine groups is 1. The lowest BCUT2D eigenvalue weighted by atomic mass is 9.98. The highest BCUT2D eigenvalue weighted by molar-refractivity contribution is 7.91. The number of rotatable bonds is 16. The molecular weight excluding hydrogens is 590 g/mol. The maximum atomic E-state index is 13.7. The van der Waals surface area contributed by atoms with E-state index >= 15 is 0 Å². The number of aliphatic hydroxyl groups excluding tert-OH is 1. The Morgan fingerprint density at radius 1 is 1.00 bits per heavy atom. The Morgan fingerprint density at radius 3 is 2.30 bits per heavy atom. The summed E-state index contributed by atoms with van der Waals surface area (Å²) in [6.07, 6.45) is 0.391. The average Bonchev–Trinajstić information content (AvgIpc) is 3.50. The number of aliphatic hydroxyl groups is 1. The summed E-state index contributed by atoms with van der Waals surface area (Å²) in [7, 11) is 0.829. The van der Waals surface area contributed by atoms with Crippen molar-refractivity contribution >= 4 is 21.6 Å². The standard InChI is InChI=1S/C31H37N3O9S/c1-39-26-18-22(19-27(40-2)28(26)41-3)20-32-34-30(36)31(14-17-44(37,38)25-8-5-4-6-9-25)21-43-29(33-31)23-10-12-24(13-11-23)42-16-7-15-35/h4-6,8-13,18-19,32,35H,7,14-17,20-21H2,1-3H3,(H,34,36)/t31-/m0/s1. The van der Waals surface area contributed by atoms with E-state index in [1.807, 2.05) is 0 Å². The fourth-order valence-electron chi connectivity index (χ4n) is 4.53. The van der Waals surface area contributed by atoms with Gasteiger partial charge in [-0.2, -0.15) is 0 Å². The van der Waals surface area contributed by atoms with Crippen LogP contribution in [-0.2, 0) is 25.9 Å². The van der Waals surface area contributed by atoms with Gasteiger partial charge in [0.05, 0.1) is 38.6 Å². The summed E-state index contributed by atoms with van der Waals surface area (Å²) in [5, 5.41) is 8.96. The molecule has 13 heteroatoms. The summed E-state index contributed by atoms with van der Waals surface area (Å²) in [4.78, 5) is 18.5. The third-order valence-corrected chi connectivity index (χ3v) is 8.70. The van der Waals surface area contributed by atoms with Crippen molar-refractivity contribution in [1.82, 2.24) is 10.9 Å². The molecule has 0 radical (unpaired) electrons. The SMILES string of the molecule is COc1cc(CNNC(=O)[C@]2(CCS(=O)(=O)c3ccccc3)COC(c3ccc(OCCCO)cc3)=N2)cc(OC)c1OC. The van der Waals surface area contributed by atoms with Gasteiger partial charge < -0.3 is 28.8 Å². The number of amides is 1. The van der Waals surface area contributed by atoms with Crippen molar-refractivity contribution in [2.24, 2.45) is 4.99 Å². The molecule has 44 heavy (non-hydrogen) atoms. The molecule has 0 spiro atoms. The van der Waals surface area contributed by atoms with Crippen LogP contribution < -0.4 is 29.8 Å². The first-order valence-electron chi connectivity index (χ1n) is 13.9. The molecule has 0 bridgehead atoms. The summed E-state index contributed by atoms with van der Waals surface area (Å²) < 4.78 is 53.9. The number of hydrogen-bond donors (Lipinski definition) is 3. The van der Waals surface area contributed by atoms with Crippen molar-refractivity contribution in [2.75, 3.05) is 46.9 Å². The molecule has 0 saturated carbocycles. The first-order chi connectivity index (χ1) is 21.2. The number of methoxy groups -OCH3 is 3. The van der Waals surface area contributed by atoms with Crippen molar-refractivity contribution in [3.63, 3.8) is 0 Å². The van der Waals surface area contributed by atoms with Crippen LogP contribution in [0.5, 0.6) is 23.0 Å². The van der Waals surface area contributed by atoms with E-state index in [0.29, 0.717) is 41.6 Å². The number of aliphatic imine (C=N–C) groups is 1. The van der Waals surface area contributed by atoms with Gasteiger partial charge in [0.2, 0.25) is 11.6 Å². The highest BCUT2D eigenvalue weighted by Gasteiger charge is 2.45. The number of hydrogen-bond acceptors (Lipinski definition) is 11. The Balaban J connectivity index is 1.53. The van der Waals surface area contributed by atoms with Gasteiger partial charge in [0.25, 0.3) is 5.91 Å². The molecule has 0 saturated heterocycles. The summed E-state index contributed by atoms with van der Waals surface area (Å²) in [6, 6.07) is 18.5. The van der Waals surface area contributed by atoms with Crippen LogP contribution in [0.25, 0.3) is 0 Å². The highest BCUT2D eigenvalue weighted by Crippen LogP contribution is 2.38. The van der Waals surface area contributed by atoms with Crippen LogP contribution >= 0.6 is 0 Å². The van der Waals surface area contributed by atoms with Gasteiger partial charge in [-0.15, -0.1) is 0 Å². The second kappa shape index (κ2) is 14.9. The number of nitrogens with zero attached hydrogens (tertiary/aromatic N) is 1. The molecule has 4 rings (SSSR count). The minimum Gasteiger partial charge on any atom is -0.494 e. The van der Waals surface area contributed by atoms with Crippen molar-refractivity contribution in [3.05, 3.63) is 77.9 Å². The van der Waals surface area contributed by atoms with E-state index in [2.05, 4.69) is 15.8 Å². The molecule has 3 N–H and O–H groups in total. The first kappa shape index (κ1) is 32.6. The summed E-state index contributed by atoms with van der Waals surface area (Å²) >= 11 is 0. The predicted molar refractivity (Wildman–Crippen MR) is 163 cm³/mol. The average molecular weight is 628 g/mol. The van der Waals surface area contributed by atoms with Crippen LogP contribution in [0.3, 0.4) is 0 Å². The summed E-state index contributed by atoms with van der Waals surface area (Å²) in [6.45, 7) is 0.439. The van der Waals surface area contributed by atoms with Crippen LogP contribution in [0.1, 0.15) is 24.0 Å². The molecule has 236 valence electrons. The van der Waals surface area contributed by atoms with Gasteiger partial charge in [0.1, 0.15) is 12.4 Å². The fourth-order valence-corrected chi connectivity index (χ4v) is 5.94. The number of ether oxygens (including phenoxy) is 5. The van der Waals surface area contributed by atoms with E-state index in [9.17, 15) is 13.2 Å². The molecule has 0 fully saturated rings. The van der Waals surface area contributed by atoms with E-state index in [-0.39, 0.29) is 42.7 Å². The van der Waals surface area contributed by atoms with Crippen LogP contribution in [0.2, 0.25) is 0 Å². The molecule has 3 aromatic carbocycles. The molecular formula is C31H37N3O9S. The fraction of sp³-hybridized carbons (Fsp3) is 0.355. The van der Waals surface area contributed by atoms with Crippen LogP contribution in [0.4, 0.5) is 0 Å². The Labute approximate surface area is 256 Å². The van der Waals surface area contributed by atoms with Crippen LogP contribution in [0.15, 0.2) is 76.6 Å². The number of carbonyl (C=O) groups excluding carboxylic acids is 1. The van der Waals surface area contributed by atoms with Crippen molar-refractivity contribution in [1.29, 1.82) is 0 Å². The molecule has 1 amide bonds. The van der Waals surface area contributed by atoms with Gasteiger partial charge in [-0.3, -0.25) is 10.2 Å². The van der Waals surface area contributed by atoms with E-state index in [1.54, 1.807) is 54.6 Å². The number of sulfone groups is 1. The van der Waals surface area contributed by atoms with Crippen molar-refractivity contribution < 1.29 is 42.0 Å². The molecule has 1 aliphatic rings. The van der Waals surface area contributed by atoms with Crippen molar-refractivity contribution in [2.45, 2.75) is 29.8 Å². The first-order valence-corrected chi connectivity index (χ1v) is 15.6. The normalized spacial score (nSPS) is 16.0. The van der Waals surface area contributed by atoms with E-state index in [1.165, 1.54) is 33.5 Å². The Hall–Kier alpha value is -4.33. The maximum Gasteiger partial charge on any atom is 0.265 e. The third-order valence-electron chi connectivity index (χ3n) is 6.96. The quantitative estimate of drug-likeness (QED) is 0.160. The molecule has 1 heterocycles. The van der Waals surface area contributed by atoms with Crippen molar-refractivity contribution in [3.8, 4) is 23.0 Å². The smallest absolute Gasteiger partial charge is 0.265 e. The molecule has 1 aliphatic heterocycles. The van der Waals surface area contributed by atoms with Crippen LogP contribution in [-0.4, -0.2) is 77.8 Å². The van der Waals surface area contributed by atoms with Gasteiger partial charge in [-0.05, 0) is 60.5 Å². The Kier molecular flexibility index (Phi) is 11.0. The van der Waals surface area contributed by atoms with Gasteiger partial charge in [0, 0.05) is 25.1 Å². The molecule has 0 aromatic heterocycles. The van der Waals surface area contributed by atoms with Crippen LogP contribution in [0, 0.1) is 0 Å². The molecule has 3 aromatic rings. The monoisotopic (exact) mass is 627 g/mol. The van der Waals surface area contributed by atoms with Gasteiger partial charge in [-0.25, -0.2) is 18.8 Å². The predicted octanol–water partition coefficient (Wildman–Crippen LogP) is 2.67. The van der Waals surface area contributed by atoms with E-state index in [4.69, 9.17) is 28.8 Å². The van der Waals surface area contributed by atoms with Gasteiger partial charge in [-0.1, -0.05) is 18.2 Å². The minimum absolute atomic E-state index is 0.0320. The lowest BCUT2D eigenvalue weighted by Gasteiger charge is -2.23. The topological polar surface area (TPSA) is 154 Å². The lowest BCUT2D eigenvalue weighted by molar-refractivity contribution is -0.127. The second-order valence-corrected chi connectivity index (χ2v) is 12.0. The zero-order chi connectivity index (χ0) is 31.6. The maximum absolute atomic E-state index is 13.7. The second-order valence-electron chi connectivity index (χ2n) is 9.91. The number of benzene rings is 3. The van der Waals surface area contributed by atoms with Gasteiger partial charge >= 0.3 is 0 Å². The zero-order valence-electron chi connectivity index (χ0n) is 24.9. The third kappa shape index (κ3) is 7.78. The summed E-state index contributed by atoms with van der Waals surface area (Å²) in [5.74, 6) is 1.30. The number of carbonyl (C=O) groups is 1. The van der Waals surface area contributed by atoms with Gasteiger partial charge in [0.15, 0.2) is 26.9 Å². The summed E-state index contributed by atoms with van der Waals surface area (Å²) in [5.41, 5.74) is 5.39. The largest absolute Gasteiger partial charge is 0.494 e. The Morgan fingerprint density at radius 2 is 1.68 bits per heavy atom. The highest BCUT2D eigenvalue weighted by atomic mass is 32.2. The minimum atomic E-state index is -3.70. The molecule has 1 atom stereocenters. The number of nitrogens with one attached hydrogen (secondary N) is 2. The zero-order valence-corrected chi connectivity index (χ0v) is 25.7. The lowest BCUT2D eigenvalue weighted by Crippen LogP contribution is -2.52. The van der Waals surface area contributed by atoms with E-state index < -0.39 is 21.3 Å². The van der Waals surface area contributed by atoms with E-state index in [0.717, 1.165) is 5.56 Å². The molecule has 0 aliphatic carbocycles. The Bertz CT molecular complexity index is 1520. The molecule has 12 nitrogen and oxygen atoms in total.